The maximum Gasteiger partial charge on any atom is 0.291 e. The first-order chi connectivity index (χ1) is 24.6. The lowest BCUT2D eigenvalue weighted by Gasteiger charge is -2.10. The SMILES string of the molecule is CCCCOc1ccc(/C=C/c2nc3s/c(=C\c4cn(-c5ccccc5)nc4-c4ccc(OCc5ccccc5)cc4)c(=O)n3n2)cc1OC. The third kappa shape index (κ3) is 7.35. The molecule has 0 saturated heterocycles. The van der Waals surface area contributed by atoms with Crippen LogP contribution in [-0.4, -0.2) is 38.1 Å². The van der Waals surface area contributed by atoms with Gasteiger partial charge in [-0.05, 0) is 78.2 Å². The van der Waals surface area contributed by atoms with Gasteiger partial charge in [0, 0.05) is 17.3 Å². The van der Waals surface area contributed by atoms with E-state index in [2.05, 4.69) is 17.0 Å². The predicted molar refractivity (Wildman–Crippen MR) is 198 cm³/mol. The van der Waals surface area contributed by atoms with Gasteiger partial charge >= 0.3 is 0 Å². The van der Waals surface area contributed by atoms with Crippen LogP contribution in [0.25, 0.3) is 40.1 Å². The fraction of sp³-hybridized carbons (Fsp3) is 0.150. The molecule has 7 rings (SSSR count). The standard InChI is InChI=1S/C40H35N5O4S/c1-3-4-23-48-34-21-15-28(24-35(34)47-2)16-22-37-41-40-45(42-37)39(46)36(50-40)25-31-26-44(32-13-9-6-10-14-32)43-38(31)30-17-19-33(20-18-30)49-27-29-11-7-5-8-12-29/h5-22,24-26H,3-4,23,27H2,1-2H3/b22-16+,36-25-. The van der Waals surface area contributed by atoms with Crippen LogP contribution in [0.3, 0.4) is 0 Å². The summed E-state index contributed by atoms with van der Waals surface area (Å²) in [6.07, 6.45) is 9.50. The summed E-state index contributed by atoms with van der Waals surface area (Å²) in [7, 11) is 1.62. The first-order valence-electron chi connectivity index (χ1n) is 16.4. The van der Waals surface area contributed by atoms with Gasteiger partial charge < -0.3 is 14.2 Å². The van der Waals surface area contributed by atoms with Crippen molar-refractivity contribution in [3.63, 3.8) is 0 Å². The normalized spacial score (nSPS) is 11.8. The van der Waals surface area contributed by atoms with Crippen molar-refractivity contribution in [2.45, 2.75) is 26.4 Å². The summed E-state index contributed by atoms with van der Waals surface area (Å²) >= 11 is 1.29. The quantitative estimate of drug-likeness (QED) is 0.117. The lowest BCUT2D eigenvalue weighted by Crippen LogP contribution is -2.23. The van der Waals surface area contributed by atoms with Crippen molar-refractivity contribution in [3.05, 3.63) is 147 Å². The molecule has 0 radical (unpaired) electrons. The van der Waals surface area contributed by atoms with Crippen LogP contribution in [0.5, 0.6) is 17.2 Å². The van der Waals surface area contributed by atoms with Crippen molar-refractivity contribution in [1.82, 2.24) is 24.4 Å². The van der Waals surface area contributed by atoms with Crippen molar-refractivity contribution in [1.29, 1.82) is 0 Å². The van der Waals surface area contributed by atoms with Gasteiger partial charge in [-0.15, -0.1) is 5.10 Å². The fourth-order valence-corrected chi connectivity index (χ4v) is 6.25. The second-order valence-corrected chi connectivity index (χ2v) is 12.5. The minimum atomic E-state index is -0.240. The molecular weight excluding hydrogens is 647 g/mol. The first kappa shape index (κ1) is 32.5. The number of rotatable bonds is 13. The number of nitrogens with zero attached hydrogens (tertiary/aromatic N) is 5. The molecule has 0 amide bonds. The minimum Gasteiger partial charge on any atom is -0.493 e. The number of ether oxygens (including phenoxy) is 3. The second kappa shape index (κ2) is 15.0. The largest absolute Gasteiger partial charge is 0.493 e. The molecule has 7 aromatic rings. The molecule has 0 aliphatic rings. The molecule has 0 aliphatic carbocycles. The van der Waals surface area contributed by atoms with Crippen LogP contribution in [0.15, 0.2) is 114 Å². The van der Waals surface area contributed by atoms with Crippen molar-refractivity contribution in [2.24, 2.45) is 0 Å². The molecule has 10 heteroatoms. The van der Waals surface area contributed by atoms with Crippen LogP contribution in [0.4, 0.5) is 0 Å². The molecule has 9 nitrogen and oxygen atoms in total. The van der Waals surface area contributed by atoms with Gasteiger partial charge in [0.15, 0.2) is 17.3 Å². The number of para-hydroxylation sites is 1. The number of thiazole rings is 1. The van der Waals surface area contributed by atoms with E-state index in [9.17, 15) is 4.79 Å². The number of fused-ring (bicyclic) bond motifs is 1. The van der Waals surface area contributed by atoms with Gasteiger partial charge in [0.05, 0.1) is 23.9 Å². The zero-order valence-electron chi connectivity index (χ0n) is 27.7. The highest BCUT2D eigenvalue weighted by Crippen LogP contribution is 2.29. The predicted octanol–water partition coefficient (Wildman–Crippen LogP) is 7.49. The molecule has 0 spiro atoms. The summed E-state index contributed by atoms with van der Waals surface area (Å²) in [5.41, 5.74) is 5.10. The summed E-state index contributed by atoms with van der Waals surface area (Å²) in [4.78, 5) is 18.7. The molecule has 0 bridgehead atoms. The van der Waals surface area contributed by atoms with E-state index in [1.165, 1.54) is 15.9 Å². The Morgan fingerprint density at radius 3 is 2.36 bits per heavy atom. The Bertz CT molecular complexity index is 2350. The van der Waals surface area contributed by atoms with E-state index in [-0.39, 0.29) is 5.56 Å². The highest BCUT2D eigenvalue weighted by molar-refractivity contribution is 7.15. The molecule has 0 saturated carbocycles. The van der Waals surface area contributed by atoms with E-state index in [1.54, 1.807) is 13.2 Å². The number of benzene rings is 4. The average Bonchev–Trinajstić information content (AvgIpc) is 3.85. The molecule has 0 fully saturated rings. The Morgan fingerprint density at radius 2 is 1.62 bits per heavy atom. The maximum absolute atomic E-state index is 13.5. The molecular formula is C40H35N5O4S. The van der Waals surface area contributed by atoms with Crippen LogP contribution >= 0.6 is 11.3 Å². The lowest BCUT2D eigenvalue weighted by atomic mass is 10.1. The summed E-state index contributed by atoms with van der Waals surface area (Å²) in [6.45, 7) is 3.25. The van der Waals surface area contributed by atoms with E-state index in [4.69, 9.17) is 19.3 Å². The molecule has 0 atom stereocenters. The van der Waals surface area contributed by atoms with E-state index in [1.807, 2.05) is 126 Å². The van der Waals surface area contributed by atoms with Crippen LogP contribution in [0, 0.1) is 0 Å². The number of hydrogen-bond donors (Lipinski definition) is 0. The molecule has 0 unspecified atom stereocenters. The Balaban J connectivity index is 1.15. The lowest BCUT2D eigenvalue weighted by molar-refractivity contribution is 0.288. The average molecular weight is 682 g/mol. The number of unbranched alkanes of at least 4 members (excludes halogenated alkanes) is 1. The highest BCUT2D eigenvalue weighted by atomic mass is 32.1. The van der Waals surface area contributed by atoms with Crippen LogP contribution in [0.1, 0.15) is 42.3 Å². The number of methoxy groups -OCH3 is 1. The van der Waals surface area contributed by atoms with Crippen LogP contribution in [-0.2, 0) is 6.61 Å². The monoisotopic (exact) mass is 681 g/mol. The zero-order valence-corrected chi connectivity index (χ0v) is 28.5. The van der Waals surface area contributed by atoms with Crippen molar-refractivity contribution >= 4 is 34.5 Å². The molecule has 0 aliphatic heterocycles. The van der Waals surface area contributed by atoms with Gasteiger partial charge in [0.1, 0.15) is 18.1 Å². The first-order valence-corrected chi connectivity index (χ1v) is 17.2. The van der Waals surface area contributed by atoms with Gasteiger partial charge in [-0.3, -0.25) is 4.79 Å². The molecule has 50 heavy (non-hydrogen) atoms. The highest BCUT2D eigenvalue weighted by Gasteiger charge is 2.14. The number of aromatic nitrogens is 5. The van der Waals surface area contributed by atoms with Crippen molar-refractivity contribution < 1.29 is 14.2 Å². The van der Waals surface area contributed by atoms with Gasteiger partial charge in [0.25, 0.3) is 5.56 Å². The third-order valence-corrected chi connectivity index (χ3v) is 8.95. The molecule has 3 aromatic heterocycles. The summed E-state index contributed by atoms with van der Waals surface area (Å²) in [5.74, 6) is 2.57. The van der Waals surface area contributed by atoms with Crippen molar-refractivity contribution in [3.8, 4) is 34.2 Å². The van der Waals surface area contributed by atoms with E-state index in [0.717, 1.165) is 52.2 Å². The maximum atomic E-state index is 13.5. The number of hydrogen-bond acceptors (Lipinski definition) is 8. The topological polar surface area (TPSA) is 92.8 Å². The summed E-state index contributed by atoms with van der Waals surface area (Å²) in [5, 5.41) is 9.42. The Morgan fingerprint density at radius 1 is 0.840 bits per heavy atom. The molecule has 3 heterocycles. The van der Waals surface area contributed by atoms with Crippen molar-refractivity contribution in [2.75, 3.05) is 13.7 Å². The summed E-state index contributed by atoms with van der Waals surface area (Å²) < 4.78 is 21.1. The van der Waals surface area contributed by atoms with E-state index < -0.39 is 0 Å². The van der Waals surface area contributed by atoms with Gasteiger partial charge in [-0.1, -0.05) is 85.4 Å². The Labute approximate surface area is 293 Å². The minimum absolute atomic E-state index is 0.240. The smallest absolute Gasteiger partial charge is 0.291 e. The zero-order chi connectivity index (χ0) is 34.3. The molecule has 4 aromatic carbocycles. The van der Waals surface area contributed by atoms with Crippen LogP contribution in [0.2, 0.25) is 0 Å². The third-order valence-electron chi connectivity index (χ3n) is 7.99. The summed E-state index contributed by atoms with van der Waals surface area (Å²) in [6, 6.07) is 33.5. The molecule has 250 valence electrons. The van der Waals surface area contributed by atoms with Crippen LogP contribution < -0.4 is 24.3 Å². The molecule has 0 N–H and O–H groups in total. The van der Waals surface area contributed by atoms with E-state index >= 15 is 0 Å². The Hall–Kier alpha value is -6.00. The van der Waals surface area contributed by atoms with Gasteiger partial charge in [-0.2, -0.15) is 14.6 Å². The van der Waals surface area contributed by atoms with E-state index in [0.29, 0.717) is 40.0 Å². The van der Waals surface area contributed by atoms with Gasteiger partial charge in [-0.25, -0.2) is 4.68 Å². The Kier molecular flexibility index (Phi) is 9.79. The fourth-order valence-electron chi connectivity index (χ4n) is 5.35. The second-order valence-electron chi connectivity index (χ2n) is 11.5. The van der Waals surface area contributed by atoms with Gasteiger partial charge in [0.2, 0.25) is 4.96 Å².